The molecule has 0 saturated heterocycles. The van der Waals surface area contributed by atoms with E-state index in [9.17, 15) is 4.39 Å². The van der Waals surface area contributed by atoms with E-state index in [1.807, 2.05) is 24.3 Å². The number of hydrogen-bond donors (Lipinski definition) is 0. The van der Waals surface area contributed by atoms with Gasteiger partial charge in [0.1, 0.15) is 5.82 Å². The predicted octanol–water partition coefficient (Wildman–Crippen LogP) is 4.06. The molecule has 76 valence electrons. The zero-order valence-corrected chi connectivity index (χ0v) is 8.70. The third-order valence-corrected chi connectivity index (χ3v) is 2.51. The fourth-order valence-corrected chi connectivity index (χ4v) is 1.61. The summed E-state index contributed by atoms with van der Waals surface area (Å²) >= 11 is 0. The van der Waals surface area contributed by atoms with Gasteiger partial charge in [-0.3, -0.25) is 0 Å². The van der Waals surface area contributed by atoms with Gasteiger partial charge in [-0.25, -0.2) is 4.39 Å². The van der Waals surface area contributed by atoms with Crippen molar-refractivity contribution < 1.29 is 4.39 Å². The second-order valence-corrected chi connectivity index (χ2v) is 3.56. The Morgan fingerprint density at radius 2 is 1.67 bits per heavy atom. The van der Waals surface area contributed by atoms with E-state index >= 15 is 0 Å². The van der Waals surface area contributed by atoms with Crippen LogP contribution in [0.3, 0.4) is 0 Å². The second kappa shape index (κ2) is 4.26. The Kier molecular flexibility index (Phi) is 2.82. The molecule has 0 spiro atoms. The van der Waals surface area contributed by atoms with Crippen LogP contribution in [0.25, 0.3) is 11.1 Å². The van der Waals surface area contributed by atoms with Gasteiger partial charge in [0.2, 0.25) is 0 Å². The Morgan fingerprint density at radius 3 is 2.33 bits per heavy atom. The molecular weight excluding hydrogens is 187 g/mol. The number of halogens is 1. The lowest BCUT2D eigenvalue weighted by atomic mass is 10.0. The molecule has 0 aliphatic heterocycles. The number of rotatable bonds is 2. The Morgan fingerprint density at radius 1 is 0.933 bits per heavy atom. The van der Waals surface area contributed by atoms with Crippen LogP contribution < -0.4 is 0 Å². The van der Waals surface area contributed by atoms with Crippen molar-refractivity contribution in [2.75, 3.05) is 0 Å². The third kappa shape index (κ3) is 2.24. The average molecular weight is 200 g/mol. The normalized spacial score (nSPS) is 10.3. The smallest absolute Gasteiger partial charge is 0.123 e. The van der Waals surface area contributed by atoms with E-state index in [2.05, 4.69) is 19.1 Å². The summed E-state index contributed by atoms with van der Waals surface area (Å²) in [7, 11) is 0. The number of benzene rings is 2. The summed E-state index contributed by atoms with van der Waals surface area (Å²) in [6.45, 7) is 2.13. The topological polar surface area (TPSA) is 0 Å². The summed E-state index contributed by atoms with van der Waals surface area (Å²) < 4.78 is 12.7. The van der Waals surface area contributed by atoms with Crippen LogP contribution >= 0.6 is 0 Å². The van der Waals surface area contributed by atoms with Gasteiger partial charge in [0.25, 0.3) is 0 Å². The number of hydrogen-bond acceptors (Lipinski definition) is 0. The lowest BCUT2D eigenvalue weighted by Gasteiger charge is -2.03. The molecule has 2 rings (SSSR count). The van der Waals surface area contributed by atoms with Gasteiger partial charge in [0, 0.05) is 0 Å². The van der Waals surface area contributed by atoms with Crippen molar-refractivity contribution in [1.29, 1.82) is 0 Å². The Balaban J connectivity index is 2.40. The monoisotopic (exact) mass is 200 g/mol. The molecule has 0 fully saturated rings. The molecule has 15 heavy (non-hydrogen) atoms. The van der Waals surface area contributed by atoms with Gasteiger partial charge >= 0.3 is 0 Å². The zero-order chi connectivity index (χ0) is 10.7. The largest absolute Gasteiger partial charge is 0.207 e. The standard InChI is InChI=1S/C14H13F/c1-2-11-4-3-5-13(10-11)12-6-8-14(15)9-7-12/h3-10H,2H2,1H3. The molecule has 0 bridgehead atoms. The highest BCUT2D eigenvalue weighted by Gasteiger charge is 1.98. The van der Waals surface area contributed by atoms with Crippen LogP contribution in [0.5, 0.6) is 0 Å². The van der Waals surface area contributed by atoms with E-state index in [1.54, 1.807) is 0 Å². The highest BCUT2D eigenvalue weighted by Crippen LogP contribution is 2.20. The first-order valence-electron chi connectivity index (χ1n) is 5.14. The molecule has 0 aromatic heterocycles. The minimum Gasteiger partial charge on any atom is -0.207 e. The molecule has 2 aromatic carbocycles. The fourth-order valence-electron chi connectivity index (χ4n) is 1.61. The van der Waals surface area contributed by atoms with E-state index in [0.29, 0.717) is 0 Å². The molecule has 0 saturated carbocycles. The molecule has 0 nitrogen and oxygen atoms in total. The molecule has 0 N–H and O–H groups in total. The highest BCUT2D eigenvalue weighted by molar-refractivity contribution is 5.63. The predicted molar refractivity (Wildman–Crippen MR) is 61.2 cm³/mol. The van der Waals surface area contributed by atoms with Crippen molar-refractivity contribution in [3.05, 3.63) is 59.9 Å². The first-order chi connectivity index (χ1) is 7.29. The average Bonchev–Trinajstić information content (AvgIpc) is 2.30. The second-order valence-electron chi connectivity index (χ2n) is 3.56. The van der Waals surface area contributed by atoms with Crippen molar-refractivity contribution in [3.8, 4) is 11.1 Å². The van der Waals surface area contributed by atoms with E-state index in [-0.39, 0.29) is 5.82 Å². The summed E-state index contributed by atoms with van der Waals surface area (Å²) in [6, 6.07) is 14.9. The summed E-state index contributed by atoms with van der Waals surface area (Å²) in [5.74, 6) is -0.189. The van der Waals surface area contributed by atoms with Gasteiger partial charge in [-0.15, -0.1) is 0 Å². The maximum Gasteiger partial charge on any atom is 0.123 e. The summed E-state index contributed by atoms with van der Waals surface area (Å²) in [4.78, 5) is 0. The molecule has 0 atom stereocenters. The third-order valence-electron chi connectivity index (χ3n) is 2.51. The van der Waals surface area contributed by atoms with Crippen molar-refractivity contribution in [3.63, 3.8) is 0 Å². The van der Waals surface area contributed by atoms with Gasteiger partial charge in [0.05, 0.1) is 0 Å². The minimum atomic E-state index is -0.189. The fraction of sp³-hybridized carbons (Fsp3) is 0.143. The maximum atomic E-state index is 12.7. The highest BCUT2D eigenvalue weighted by atomic mass is 19.1. The van der Waals surface area contributed by atoms with Crippen LogP contribution in [0.15, 0.2) is 48.5 Å². The molecular formula is C14H13F. The van der Waals surface area contributed by atoms with E-state index in [0.717, 1.165) is 17.5 Å². The van der Waals surface area contributed by atoms with Crippen LogP contribution in [-0.4, -0.2) is 0 Å². The molecule has 2 aromatic rings. The van der Waals surface area contributed by atoms with Gasteiger partial charge < -0.3 is 0 Å². The summed E-state index contributed by atoms with van der Waals surface area (Å²) in [5.41, 5.74) is 3.51. The quantitative estimate of drug-likeness (QED) is 0.686. The van der Waals surface area contributed by atoms with Crippen LogP contribution in [0.1, 0.15) is 12.5 Å². The number of aryl methyl sites for hydroxylation is 1. The lowest BCUT2D eigenvalue weighted by molar-refractivity contribution is 0.628. The minimum absolute atomic E-state index is 0.189. The van der Waals surface area contributed by atoms with Crippen LogP contribution in [-0.2, 0) is 6.42 Å². The zero-order valence-electron chi connectivity index (χ0n) is 8.70. The van der Waals surface area contributed by atoms with Gasteiger partial charge in [0.15, 0.2) is 0 Å². The van der Waals surface area contributed by atoms with Crippen molar-refractivity contribution >= 4 is 0 Å². The Bertz CT molecular complexity index is 443. The maximum absolute atomic E-state index is 12.7. The van der Waals surface area contributed by atoms with Crippen LogP contribution in [0.2, 0.25) is 0 Å². The van der Waals surface area contributed by atoms with Crippen molar-refractivity contribution in [1.82, 2.24) is 0 Å². The molecule has 0 aliphatic carbocycles. The lowest BCUT2D eigenvalue weighted by Crippen LogP contribution is -1.83. The van der Waals surface area contributed by atoms with Gasteiger partial charge in [-0.2, -0.15) is 0 Å². The van der Waals surface area contributed by atoms with Crippen molar-refractivity contribution in [2.45, 2.75) is 13.3 Å². The first-order valence-corrected chi connectivity index (χ1v) is 5.14. The Labute approximate surface area is 89.4 Å². The molecule has 0 radical (unpaired) electrons. The summed E-state index contributed by atoms with van der Waals surface area (Å²) in [5, 5.41) is 0. The van der Waals surface area contributed by atoms with E-state index < -0.39 is 0 Å². The van der Waals surface area contributed by atoms with E-state index in [4.69, 9.17) is 0 Å². The molecule has 0 aliphatic rings. The Hall–Kier alpha value is -1.63. The molecule has 0 amide bonds. The van der Waals surface area contributed by atoms with Crippen molar-refractivity contribution in [2.24, 2.45) is 0 Å². The van der Waals surface area contributed by atoms with Gasteiger partial charge in [-0.05, 0) is 35.2 Å². The first kappa shape index (κ1) is 9.91. The molecule has 1 heteroatoms. The van der Waals surface area contributed by atoms with Gasteiger partial charge in [-0.1, -0.05) is 43.3 Å². The van der Waals surface area contributed by atoms with Crippen LogP contribution in [0, 0.1) is 5.82 Å². The molecule has 0 unspecified atom stereocenters. The SMILES string of the molecule is CCc1cccc(-c2ccc(F)cc2)c1. The van der Waals surface area contributed by atoms with Crippen LogP contribution in [0.4, 0.5) is 4.39 Å². The summed E-state index contributed by atoms with van der Waals surface area (Å²) in [6.07, 6.45) is 1.02. The molecule has 0 heterocycles. The van der Waals surface area contributed by atoms with E-state index in [1.165, 1.54) is 17.7 Å².